The number of aryl methyl sites for hydroxylation is 1. The zero-order chi connectivity index (χ0) is 27.1. The first-order chi connectivity index (χ1) is 18.9. The number of pyridine rings is 1. The first-order valence-electron chi connectivity index (χ1n) is 12.4. The number of nitrogens with one attached hydrogen (secondary N) is 1. The van der Waals surface area contributed by atoms with E-state index in [-0.39, 0.29) is 35.8 Å². The third-order valence-electron chi connectivity index (χ3n) is 7.15. The number of carboxylic acid groups (broad SMARTS) is 1. The van der Waals surface area contributed by atoms with Gasteiger partial charge in [0.15, 0.2) is 23.8 Å². The lowest BCUT2D eigenvalue weighted by molar-refractivity contribution is -0.114. The third-order valence-corrected chi connectivity index (χ3v) is 7.15. The van der Waals surface area contributed by atoms with Crippen LogP contribution in [0.25, 0.3) is 0 Å². The van der Waals surface area contributed by atoms with Gasteiger partial charge in [-0.3, -0.25) is 9.69 Å². The SMILES string of the molecule is Cc1cnc(Nc2cnc(N3CC4CN(C(=O)O)CC4C3)c(F)c2)nc1N(C1=CC=CCC1=O)c1cnco1. The Bertz CT molecular complexity index is 1480. The Hall–Kier alpha value is -4.81. The van der Waals surface area contributed by atoms with Crippen LogP contribution in [-0.2, 0) is 4.79 Å². The van der Waals surface area contributed by atoms with E-state index in [2.05, 4.69) is 25.3 Å². The Morgan fingerprint density at radius 1 is 1.18 bits per heavy atom. The molecule has 0 aromatic carbocycles. The number of amides is 1. The van der Waals surface area contributed by atoms with E-state index in [1.165, 1.54) is 29.8 Å². The molecule has 12 nitrogen and oxygen atoms in total. The Balaban J connectivity index is 1.23. The lowest BCUT2D eigenvalue weighted by Crippen LogP contribution is -2.32. The van der Waals surface area contributed by atoms with Crippen LogP contribution < -0.4 is 15.1 Å². The number of hydrogen-bond donors (Lipinski definition) is 2. The molecule has 0 bridgehead atoms. The molecule has 0 saturated carbocycles. The third kappa shape index (κ3) is 4.67. The second-order valence-corrected chi connectivity index (χ2v) is 9.75. The molecule has 2 atom stereocenters. The first kappa shape index (κ1) is 24.5. The largest absolute Gasteiger partial charge is 0.465 e. The Morgan fingerprint density at radius 2 is 1.97 bits per heavy atom. The number of Topliss-reactive ketones (excluding diaryl/α,β-unsaturated/α-hetero) is 1. The number of rotatable bonds is 6. The smallest absolute Gasteiger partial charge is 0.407 e. The van der Waals surface area contributed by atoms with Crippen LogP contribution in [0.1, 0.15) is 12.0 Å². The van der Waals surface area contributed by atoms with Crippen molar-refractivity contribution in [1.82, 2.24) is 24.8 Å². The number of hydrogen-bond acceptors (Lipinski definition) is 10. The van der Waals surface area contributed by atoms with E-state index in [1.54, 1.807) is 29.3 Å². The molecule has 2 saturated heterocycles. The van der Waals surface area contributed by atoms with E-state index in [4.69, 9.17) is 4.42 Å². The summed E-state index contributed by atoms with van der Waals surface area (Å²) in [6.45, 7) is 3.82. The van der Waals surface area contributed by atoms with E-state index in [0.717, 1.165) is 0 Å². The molecule has 2 N–H and O–H groups in total. The van der Waals surface area contributed by atoms with E-state index in [0.29, 0.717) is 54.8 Å². The summed E-state index contributed by atoms with van der Waals surface area (Å²) < 4.78 is 20.7. The maximum atomic E-state index is 15.2. The van der Waals surface area contributed by atoms with Crippen LogP contribution in [0.5, 0.6) is 0 Å². The second-order valence-electron chi connectivity index (χ2n) is 9.75. The van der Waals surface area contributed by atoms with Crippen molar-refractivity contribution >= 4 is 41.0 Å². The van der Waals surface area contributed by atoms with Crippen molar-refractivity contribution < 1.29 is 23.5 Å². The number of likely N-dealkylation sites (tertiary alicyclic amines) is 1. The molecule has 3 aromatic heterocycles. The first-order valence-corrected chi connectivity index (χ1v) is 12.4. The maximum absolute atomic E-state index is 15.2. The minimum absolute atomic E-state index is 0.106. The lowest BCUT2D eigenvalue weighted by Gasteiger charge is -2.25. The fraction of sp³-hybridized carbons (Fsp3) is 0.308. The Labute approximate surface area is 222 Å². The molecule has 13 heteroatoms. The zero-order valence-corrected chi connectivity index (χ0v) is 21.0. The highest BCUT2D eigenvalue weighted by Gasteiger charge is 2.42. The number of ketones is 1. The van der Waals surface area contributed by atoms with Gasteiger partial charge in [-0.15, -0.1) is 0 Å². The molecule has 3 aromatic rings. The molecule has 0 radical (unpaired) electrons. The number of aromatic nitrogens is 4. The zero-order valence-electron chi connectivity index (χ0n) is 21.0. The number of anilines is 5. The van der Waals surface area contributed by atoms with Crippen LogP contribution in [0.2, 0.25) is 0 Å². The highest BCUT2D eigenvalue weighted by molar-refractivity contribution is 6.02. The number of nitrogens with zero attached hydrogens (tertiary/aromatic N) is 7. The van der Waals surface area contributed by atoms with Crippen molar-refractivity contribution in [2.45, 2.75) is 13.3 Å². The van der Waals surface area contributed by atoms with Crippen molar-refractivity contribution in [3.05, 3.63) is 66.4 Å². The van der Waals surface area contributed by atoms with Crippen molar-refractivity contribution in [2.24, 2.45) is 11.8 Å². The lowest BCUT2D eigenvalue weighted by atomic mass is 10.0. The van der Waals surface area contributed by atoms with Crippen molar-refractivity contribution in [3.63, 3.8) is 0 Å². The summed E-state index contributed by atoms with van der Waals surface area (Å²) in [5.74, 6) is 0.842. The predicted molar refractivity (Wildman–Crippen MR) is 139 cm³/mol. The predicted octanol–water partition coefficient (Wildman–Crippen LogP) is 3.65. The number of carbonyl (C=O) groups is 2. The molecule has 1 amide bonds. The minimum Gasteiger partial charge on any atom is -0.465 e. The minimum atomic E-state index is -0.917. The average Bonchev–Trinajstić information content (AvgIpc) is 3.65. The maximum Gasteiger partial charge on any atom is 0.407 e. The van der Waals surface area contributed by atoms with Crippen LogP contribution in [-0.4, -0.2) is 68.0 Å². The summed E-state index contributed by atoms with van der Waals surface area (Å²) in [6.07, 6.45) is 10.4. The van der Waals surface area contributed by atoms with Gasteiger partial charge in [-0.25, -0.2) is 24.1 Å². The van der Waals surface area contributed by atoms with Crippen molar-refractivity contribution in [1.29, 1.82) is 0 Å². The number of fused-ring (bicyclic) bond motifs is 1. The van der Waals surface area contributed by atoms with Gasteiger partial charge in [-0.2, -0.15) is 4.98 Å². The quantitative estimate of drug-likeness (QED) is 0.481. The number of allylic oxidation sites excluding steroid dienone is 4. The van der Waals surface area contributed by atoms with Crippen LogP contribution in [0.3, 0.4) is 0 Å². The van der Waals surface area contributed by atoms with E-state index in [9.17, 15) is 14.7 Å². The molecule has 5 heterocycles. The highest BCUT2D eigenvalue weighted by atomic mass is 19.1. The molecule has 1 aliphatic carbocycles. The Kier molecular flexibility index (Phi) is 6.17. The fourth-order valence-corrected chi connectivity index (χ4v) is 5.29. The molecule has 2 aliphatic heterocycles. The average molecular weight is 533 g/mol. The number of carbonyl (C=O) groups excluding carboxylic acids is 1. The molecular weight excluding hydrogens is 507 g/mol. The van der Waals surface area contributed by atoms with E-state index < -0.39 is 11.9 Å². The van der Waals surface area contributed by atoms with E-state index >= 15 is 4.39 Å². The van der Waals surface area contributed by atoms with E-state index in [1.807, 2.05) is 11.8 Å². The molecule has 39 heavy (non-hydrogen) atoms. The van der Waals surface area contributed by atoms with Gasteiger partial charge in [0.25, 0.3) is 0 Å². The van der Waals surface area contributed by atoms with Gasteiger partial charge in [0.1, 0.15) is 5.82 Å². The summed E-state index contributed by atoms with van der Waals surface area (Å²) in [6, 6.07) is 1.33. The summed E-state index contributed by atoms with van der Waals surface area (Å²) in [4.78, 5) is 46.1. The van der Waals surface area contributed by atoms with Crippen LogP contribution in [0, 0.1) is 24.6 Å². The van der Waals surface area contributed by atoms with Gasteiger partial charge >= 0.3 is 6.09 Å². The number of halogens is 1. The van der Waals surface area contributed by atoms with Gasteiger partial charge in [0, 0.05) is 62.3 Å². The molecule has 3 aliphatic rings. The molecule has 2 unspecified atom stereocenters. The molecule has 0 spiro atoms. The second kappa shape index (κ2) is 9.82. The Morgan fingerprint density at radius 3 is 2.64 bits per heavy atom. The topological polar surface area (TPSA) is 141 Å². The normalized spacial score (nSPS) is 20.3. The molecule has 6 rings (SSSR count). The van der Waals surface area contributed by atoms with Gasteiger partial charge < -0.3 is 24.6 Å². The molecular formula is C26H25FN8O4. The highest BCUT2D eigenvalue weighted by Crippen LogP contribution is 2.36. The fourth-order valence-electron chi connectivity index (χ4n) is 5.29. The van der Waals surface area contributed by atoms with Gasteiger partial charge in [-0.1, -0.05) is 12.2 Å². The van der Waals surface area contributed by atoms with Crippen LogP contribution in [0.4, 0.5) is 38.3 Å². The summed E-state index contributed by atoms with van der Waals surface area (Å²) in [5, 5.41) is 12.2. The summed E-state index contributed by atoms with van der Waals surface area (Å²) in [5.41, 5.74) is 1.41. The molecule has 2 fully saturated rings. The number of oxazole rings is 1. The molecule has 200 valence electrons. The van der Waals surface area contributed by atoms with Crippen molar-refractivity contribution in [2.75, 3.05) is 41.3 Å². The van der Waals surface area contributed by atoms with Crippen molar-refractivity contribution in [3.8, 4) is 0 Å². The van der Waals surface area contributed by atoms with Crippen LogP contribution in [0.15, 0.2) is 59.4 Å². The van der Waals surface area contributed by atoms with Gasteiger partial charge in [0.2, 0.25) is 11.8 Å². The van der Waals surface area contributed by atoms with Gasteiger partial charge in [-0.05, 0) is 13.0 Å². The van der Waals surface area contributed by atoms with Crippen LogP contribution >= 0.6 is 0 Å². The van der Waals surface area contributed by atoms with Gasteiger partial charge in [0.05, 0.1) is 23.8 Å². The standard InChI is InChI=1S/C26H25FN8O4/c1-15-7-30-25(32-23(15)35(22-9-28-14-39-22)20-4-2-3-5-21(20)36)31-18-6-19(27)24(29-8-18)33-10-16-12-34(26(37)38)13-17(16)11-33/h2-4,6-9,14,16-17H,5,10-13H2,1H3,(H,37,38)(H,30,31,32). The summed E-state index contributed by atoms with van der Waals surface area (Å²) in [7, 11) is 0. The monoisotopic (exact) mass is 532 g/mol. The summed E-state index contributed by atoms with van der Waals surface area (Å²) >= 11 is 0.